The molecule has 1 saturated carbocycles. The van der Waals surface area contributed by atoms with Crippen molar-refractivity contribution in [3.05, 3.63) is 0 Å². The zero-order chi connectivity index (χ0) is 10.1. The van der Waals surface area contributed by atoms with Gasteiger partial charge in [-0.3, -0.25) is 4.90 Å². The normalized spacial score (nSPS) is 40.1. The van der Waals surface area contributed by atoms with Gasteiger partial charge in [-0.2, -0.15) is 0 Å². The van der Waals surface area contributed by atoms with Crippen molar-refractivity contribution in [3.63, 3.8) is 0 Å². The highest BCUT2D eigenvalue weighted by Crippen LogP contribution is 2.34. The fourth-order valence-electron chi connectivity index (χ4n) is 2.81. The lowest BCUT2D eigenvalue weighted by Crippen LogP contribution is -2.58. The first-order valence-electron chi connectivity index (χ1n) is 5.49. The van der Waals surface area contributed by atoms with Gasteiger partial charge in [0.1, 0.15) is 0 Å². The molecule has 0 radical (unpaired) electrons. The monoisotopic (exact) mass is 200 g/mol. The summed E-state index contributed by atoms with van der Waals surface area (Å²) in [5, 5.41) is 18.2. The van der Waals surface area contributed by atoms with Crippen LogP contribution in [0.3, 0.4) is 0 Å². The second-order valence-corrected chi connectivity index (χ2v) is 4.68. The van der Waals surface area contributed by atoms with Gasteiger partial charge < -0.3 is 15.9 Å². The molecule has 0 aromatic heterocycles. The van der Waals surface area contributed by atoms with Crippen LogP contribution >= 0.6 is 0 Å². The quantitative estimate of drug-likeness (QED) is 0.555. The van der Waals surface area contributed by atoms with E-state index < -0.39 is 6.10 Å². The van der Waals surface area contributed by atoms with Crippen LogP contribution in [0.15, 0.2) is 0 Å². The summed E-state index contributed by atoms with van der Waals surface area (Å²) in [5.74, 6) is 0.603. The molecule has 3 aliphatic rings. The number of fused-ring (bicyclic) bond motifs is 3. The molecule has 4 unspecified atom stereocenters. The van der Waals surface area contributed by atoms with Gasteiger partial charge in [-0.15, -0.1) is 0 Å². The molecule has 0 aromatic carbocycles. The Labute approximate surface area is 84.7 Å². The molecule has 2 aliphatic heterocycles. The Bertz CT molecular complexity index is 199. The molecule has 2 heterocycles. The van der Waals surface area contributed by atoms with Gasteiger partial charge in [-0.1, -0.05) is 0 Å². The summed E-state index contributed by atoms with van der Waals surface area (Å²) in [5.41, 5.74) is 6.01. The number of hydrogen-bond acceptors (Lipinski definition) is 4. The summed E-state index contributed by atoms with van der Waals surface area (Å²) in [4.78, 5) is 2.29. The van der Waals surface area contributed by atoms with E-state index in [0.29, 0.717) is 24.5 Å². The number of rotatable bonds is 3. The van der Waals surface area contributed by atoms with E-state index in [9.17, 15) is 5.11 Å². The van der Waals surface area contributed by atoms with Gasteiger partial charge in [0.15, 0.2) is 0 Å². The van der Waals surface area contributed by atoms with Crippen LogP contribution in [0.1, 0.15) is 19.3 Å². The molecular weight excluding hydrogens is 180 g/mol. The molecule has 4 nitrogen and oxygen atoms in total. The molecule has 0 spiro atoms. The summed E-state index contributed by atoms with van der Waals surface area (Å²) >= 11 is 0. The molecule has 0 aromatic rings. The fraction of sp³-hybridized carbons (Fsp3) is 1.00. The SMILES string of the molecule is NC1CC2CCC1CN2CC(O)CO. The van der Waals surface area contributed by atoms with Crippen molar-refractivity contribution in [1.29, 1.82) is 0 Å². The van der Waals surface area contributed by atoms with E-state index in [1.54, 1.807) is 0 Å². The Morgan fingerprint density at radius 1 is 1.43 bits per heavy atom. The smallest absolute Gasteiger partial charge is 0.0897 e. The molecule has 4 heteroatoms. The van der Waals surface area contributed by atoms with Crippen LogP contribution in [0.2, 0.25) is 0 Å². The molecule has 0 amide bonds. The molecule has 82 valence electrons. The van der Waals surface area contributed by atoms with Crippen molar-refractivity contribution in [1.82, 2.24) is 4.90 Å². The first-order valence-corrected chi connectivity index (χ1v) is 5.49. The Morgan fingerprint density at radius 3 is 2.71 bits per heavy atom. The molecule has 4 atom stereocenters. The van der Waals surface area contributed by atoms with Crippen molar-refractivity contribution in [2.45, 2.75) is 37.5 Å². The van der Waals surface area contributed by atoms with Crippen molar-refractivity contribution in [2.75, 3.05) is 19.7 Å². The highest BCUT2D eigenvalue weighted by molar-refractivity contribution is 4.95. The van der Waals surface area contributed by atoms with Crippen molar-refractivity contribution in [2.24, 2.45) is 11.7 Å². The van der Waals surface area contributed by atoms with E-state index in [2.05, 4.69) is 4.90 Å². The molecule has 1 aliphatic carbocycles. The molecule has 3 rings (SSSR count). The van der Waals surface area contributed by atoms with Gasteiger partial charge in [0, 0.05) is 25.2 Å². The van der Waals surface area contributed by atoms with Crippen molar-refractivity contribution in [3.8, 4) is 0 Å². The van der Waals surface area contributed by atoms with Gasteiger partial charge in [0.25, 0.3) is 0 Å². The third kappa shape index (κ3) is 1.93. The van der Waals surface area contributed by atoms with Crippen LogP contribution in [0, 0.1) is 5.92 Å². The Balaban J connectivity index is 1.90. The Hall–Kier alpha value is -0.160. The lowest BCUT2D eigenvalue weighted by Gasteiger charge is -2.49. The second kappa shape index (κ2) is 4.14. The van der Waals surface area contributed by atoms with Crippen LogP contribution in [0.4, 0.5) is 0 Å². The summed E-state index contributed by atoms with van der Waals surface area (Å²) in [6, 6.07) is 0.896. The summed E-state index contributed by atoms with van der Waals surface area (Å²) in [7, 11) is 0. The second-order valence-electron chi connectivity index (χ2n) is 4.68. The van der Waals surface area contributed by atoms with Crippen LogP contribution in [0.5, 0.6) is 0 Å². The first-order chi connectivity index (χ1) is 6.70. The minimum absolute atomic E-state index is 0.139. The standard InChI is InChI=1S/C10H20N2O2/c11-10-3-8-2-1-7(10)4-12(8)5-9(14)6-13/h7-10,13-14H,1-6,11H2. The maximum atomic E-state index is 9.38. The first kappa shape index (κ1) is 10.4. The maximum Gasteiger partial charge on any atom is 0.0897 e. The molecular formula is C10H20N2O2. The highest BCUT2D eigenvalue weighted by atomic mass is 16.3. The van der Waals surface area contributed by atoms with Gasteiger partial charge in [0.2, 0.25) is 0 Å². The number of aliphatic hydroxyl groups is 2. The number of piperidine rings is 2. The van der Waals surface area contributed by atoms with Crippen molar-refractivity contribution < 1.29 is 10.2 Å². The van der Waals surface area contributed by atoms with Crippen molar-refractivity contribution >= 4 is 0 Å². The third-order valence-electron chi connectivity index (χ3n) is 3.66. The summed E-state index contributed by atoms with van der Waals surface area (Å²) < 4.78 is 0. The Kier molecular flexibility index (Phi) is 3.07. The lowest BCUT2D eigenvalue weighted by molar-refractivity contribution is -0.0130. The number of hydrogen-bond donors (Lipinski definition) is 3. The van der Waals surface area contributed by atoms with Crippen LogP contribution in [-0.4, -0.2) is 53.0 Å². The number of nitrogens with two attached hydrogens (primary N) is 1. The van der Waals surface area contributed by atoms with E-state index in [0.717, 1.165) is 13.0 Å². The fourth-order valence-corrected chi connectivity index (χ4v) is 2.81. The predicted molar refractivity (Wildman–Crippen MR) is 53.8 cm³/mol. The summed E-state index contributed by atoms with van der Waals surface area (Å²) in [6.45, 7) is 1.47. The molecule has 3 fully saturated rings. The van der Waals surface area contributed by atoms with Crippen LogP contribution in [-0.2, 0) is 0 Å². The number of nitrogens with zero attached hydrogens (tertiary/aromatic N) is 1. The van der Waals surface area contributed by atoms with Gasteiger partial charge in [0.05, 0.1) is 12.7 Å². The average Bonchev–Trinajstić information content (AvgIpc) is 2.19. The minimum Gasteiger partial charge on any atom is -0.394 e. The Morgan fingerprint density at radius 2 is 2.21 bits per heavy atom. The van der Waals surface area contributed by atoms with Crippen LogP contribution < -0.4 is 5.73 Å². The molecule has 14 heavy (non-hydrogen) atoms. The van der Waals surface area contributed by atoms with Gasteiger partial charge in [-0.05, 0) is 25.2 Å². The average molecular weight is 200 g/mol. The zero-order valence-electron chi connectivity index (χ0n) is 8.47. The topological polar surface area (TPSA) is 69.7 Å². The zero-order valence-corrected chi connectivity index (χ0v) is 8.47. The van der Waals surface area contributed by atoms with Gasteiger partial charge >= 0.3 is 0 Å². The van der Waals surface area contributed by atoms with Crippen LogP contribution in [0.25, 0.3) is 0 Å². The maximum absolute atomic E-state index is 9.38. The molecule has 4 N–H and O–H groups in total. The minimum atomic E-state index is -0.592. The van der Waals surface area contributed by atoms with E-state index in [-0.39, 0.29) is 6.61 Å². The van der Waals surface area contributed by atoms with E-state index in [4.69, 9.17) is 10.8 Å². The highest BCUT2D eigenvalue weighted by Gasteiger charge is 2.38. The largest absolute Gasteiger partial charge is 0.394 e. The van der Waals surface area contributed by atoms with Gasteiger partial charge in [-0.25, -0.2) is 0 Å². The van der Waals surface area contributed by atoms with E-state index in [1.165, 1.54) is 12.8 Å². The molecule has 2 saturated heterocycles. The number of aliphatic hydroxyl groups excluding tert-OH is 2. The van der Waals surface area contributed by atoms with E-state index >= 15 is 0 Å². The summed E-state index contributed by atoms with van der Waals surface area (Å²) in [6.07, 6.45) is 2.90. The van der Waals surface area contributed by atoms with E-state index in [1.807, 2.05) is 0 Å². The third-order valence-corrected chi connectivity index (χ3v) is 3.66. The lowest BCUT2D eigenvalue weighted by atomic mass is 9.76. The predicted octanol–water partition coefficient (Wildman–Crippen LogP) is -0.849. The molecule has 2 bridgehead atoms.